The van der Waals surface area contributed by atoms with Gasteiger partial charge in [0.05, 0.1) is 0 Å². The van der Waals surface area contributed by atoms with Crippen LogP contribution < -0.4 is 0 Å². The summed E-state index contributed by atoms with van der Waals surface area (Å²) in [6, 6.07) is 8.96. The van der Waals surface area contributed by atoms with Crippen LogP contribution in [-0.4, -0.2) is 5.75 Å². The lowest BCUT2D eigenvalue weighted by atomic mass is 10.0. The minimum Gasteiger partial charge on any atom is -0.126 e. The zero-order chi connectivity index (χ0) is 10.6. The first-order valence-electron chi connectivity index (χ1n) is 5.32. The van der Waals surface area contributed by atoms with E-state index in [9.17, 15) is 0 Å². The summed E-state index contributed by atoms with van der Waals surface area (Å²) in [6.45, 7) is 8.98. The molecular weight excluding hydrogens is 188 g/mol. The maximum absolute atomic E-state index is 2.26. The molecule has 0 N–H and O–H groups in total. The normalized spacial score (nSPS) is 11.3. The lowest BCUT2D eigenvalue weighted by Gasteiger charge is -2.07. The molecule has 1 rings (SSSR count). The molecule has 14 heavy (non-hydrogen) atoms. The number of hydrogen-bond acceptors (Lipinski definition) is 1. The van der Waals surface area contributed by atoms with Gasteiger partial charge < -0.3 is 0 Å². The van der Waals surface area contributed by atoms with Crippen molar-refractivity contribution in [2.75, 3.05) is 5.75 Å². The van der Waals surface area contributed by atoms with Crippen molar-refractivity contribution in [1.82, 2.24) is 0 Å². The molecule has 1 aromatic carbocycles. The molecule has 0 nitrogen and oxygen atoms in total. The standard InChI is InChI=1S/C13H20S/c1-10(2)9-14-13-7-5-12(6-8-13)11(3)4/h5-8,10-11H,9H2,1-4H3. The Labute approximate surface area is 92.1 Å². The van der Waals surface area contributed by atoms with Crippen molar-refractivity contribution >= 4 is 11.8 Å². The van der Waals surface area contributed by atoms with Crippen molar-refractivity contribution in [1.29, 1.82) is 0 Å². The molecule has 0 unspecified atom stereocenters. The van der Waals surface area contributed by atoms with E-state index >= 15 is 0 Å². The highest BCUT2D eigenvalue weighted by molar-refractivity contribution is 7.99. The highest BCUT2D eigenvalue weighted by Gasteiger charge is 2.00. The van der Waals surface area contributed by atoms with Gasteiger partial charge in [0.15, 0.2) is 0 Å². The SMILES string of the molecule is CC(C)CSc1ccc(C(C)C)cc1. The van der Waals surface area contributed by atoms with Gasteiger partial charge >= 0.3 is 0 Å². The second-order valence-corrected chi connectivity index (χ2v) is 5.52. The van der Waals surface area contributed by atoms with Crippen LogP contribution in [-0.2, 0) is 0 Å². The van der Waals surface area contributed by atoms with Crippen molar-refractivity contribution in [3.63, 3.8) is 0 Å². The molecular formula is C13H20S. The van der Waals surface area contributed by atoms with Crippen molar-refractivity contribution in [2.24, 2.45) is 5.92 Å². The van der Waals surface area contributed by atoms with E-state index in [1.807, 2.05) is 11.8 Å². The summed E-state index contributed by atoms with van der Waals surface area (Å²) in [5.74, 6) is 2.62. The largest absolute Gasteiger partial charge is 0.126 e. The fourth-order valence-electron chi connectivity index (χ4n) is 1.21. The molecule has 1 heteroatoms. The molecule has 0 amide bonds. The summed E-state index contributed by atoms with van der Waals surface area (Å²) in [7, 11) is 0. The zero-order valence-corrected chi connectivity index (χ0v) is 10.4. The van der Waals surface area contributed by atoms with E-state index in [4.69, 9.17) is 0 Å². The molecule has 0 spiro atoms. The third-order valence-corrected chi connectivity index (χ3v) is 3.57. The first kappa shape index (κ1) is 11.6. The second kappa shape index (κ2) is 5.45. The summed E-state index contributed by atoms with van der Waals surface area (Å²) in [5, 5.41) is 0. The van der Waals surface area contributed by atoms with Gasteiger partial charge in [-0.15, -0.1) is 11.8 Å². The van der Waals surface area contributed by atoms with Gasteiger partial charge in [-0.25, -0.2) is 0 Å². The quantitative estimate of drug-likeness (QED) is 0.654. The van der Waals surface area contributed by atoms with Gasteiger partial charge in [-0.3, -0.25) is 0 Å². The van der Waals surface area contributed by atoms with Crippen molar-refractivity contribution < 1.29 is 0 Å². The van der Waals surface area contributed by atoms with Crippen LogP contribution in [0.15, 0.2) is 29.2 Å². The highest BCUT2D eigenvalue weighted by Crippen LogP contribution is 2.23. The summed E-state index contributed by atoms with van der Waals surface area (Å²) < 4.78 is 0. The Morgan fingerprint density at radius 1 is 1.00 bits per heavy atom. The van der Waals surface area contributed by atoms with Crippen molar-refractivity contribution in [3.8, 4) is 0 Å². The molecule has 0 aromatic heterocycles. The van der Waals surface area contributed by atoms with Crippen LogP contribution in [0.5, 0.6) is 0 Å². The second-order valence-electron chi connectivity index (χ2n) is 4.43. The van der Waals surface area contributed by atoms with Gasteiger partial charge in [0.25, 0.3) is 0 Å². The molecule has 0 atom stereocenters. The van der Waals surface area contributed by atoms with E-state index in [-0.39, 0.29) is 0 Å². The molecule has 0 radical (unpaired) electrons. The van der Waals surface area contributed by atoms with Gasteiger partial charge in [0, 0.05) is 10.6 Å². The van der Waals surface area contributed by atoms with Gasteiger partial charge in [-0.2, -0.15) is 0 Å². The molecule has 0 aliphatic rings. The van der Waals surface area contributed by atoms with Crippen molar-refractivity contribution in [3.05, 3.63) is 29.8 Å². The lowest BCUT2D eigenvalue weighted by Crippen LogP contribution is -1.90. The van der Waals surface area contributed by atoms with Gasteiger partial charge in [-0.1, -0.05) is 39.8 Å². The third kappa shape index (κ3) is 3.75. The Morgan fingerprint density at radius 3 is 2.00 bits per heavy atom. The Kier molecular flexibility index (Phi) is 4.53. The fourth-order valence-corrected chi connectivity index (χ4v) is 2.07. The van der Waals surface area contributed by atoms with Crippen LogP contribution in [0.4, 0.5) is 0 Å². The van der Waals surface area contributed by atoms with Crippen LogP contribution in [0.2, 0.25) is 0 Å². The maximum atomic E-state index is 2.26. The Balaban J connectivity index is 2.55. The lowest BCUT2D eigenvalue weighted by molar-refractivity contribution is 0.750. The van der Waals surface area contributed by atoms with E-state index < -0.39 is 0 Å². The van der Waals surface area contributed by atoms with Crippen LogP contribution in [0.25, 0.3) is 0 Å². The smallest absolute Gasteiger partial charge is 0.00722 e. The van der Waals surface area contributed by atoms with Crippen LogP contribution in [0, 0.1) is 5.92 Å². The molecule has 78 valence electrons. The predicted molar refractivity (Wildman–Crippen MR) is 66.1 cm³/mol. The summed E-state index contributed by atoms with van der Waals surface area (Å²) in [6.07, 6.45) is 0. The first-order valence-corrected chi connectivity index (χ1v) is 6.31. The highest BCUT2D eigenvalue weighted by atomic mass is 32.2. The van der Waals surface area contributed by atoms with Gasteiger partial charge in [0.2, 0.25) is 0 Å². The molecule has 1 aromatic rings. The van der Waals surface area contributed by atoms with E-state index in [1.54, 1.807) is 0 Å². The number of benzene rings is 1. The number of thioether (sulfide) groups is 1. The predicted octanol–water partition coefficient (Wildman–Crippen LogP) is 4.56. The molecule has 0 saturated heterocycles. The Bertz CT molecular complexity index is 259. The van der Waals surface area contributed by atoms with Crippen molar-refractivity contribution in [2.45, 2.75) is 38.5 Å². The van der Waals surface area contributed by atoms with Gasteiger partial charge in [-0.05, 0) is 29.5 Å². The molecule has 0 fully saturated rings. The van der Waals surface area contributed by atoms with Crippen LogP contribution in [0.3, 0.4) is 0 Å². The molecule has 0 aliphatic carbocycles. The third-order valence-electron chi connectivity index (χ3n) is 2.13. The van der Waals surface area contributed by atoms with Crippen LogP contribution in [0.1, 0.15) is 39.2 Å². The monoisotopic (exact) mass is 208 g/mol. The zero-order valence-electron chi connectivity index (χ0n) is 9.58. The molecule has 0 bridgehead atoms. The topological polar surface area (TPSA) is 0 Å². The number of rotatable bonds is 4. The average molecular weight is 208 g/mol. The number of hydrogen-bond donors (Lipinski definition) is 0. The Morgan fingerprint density at radius 2 is 1.57 bits per heavy atom. The summed E-state index contributed by atoms with van der Waals surface area (Å²) in [4.78, 5) is 1.39. The minimum absolute atomic E-state index is 0.638. The first-order chi connectivity index (χ1) is 6.59. The fraction of sp³-hybridized carbons (Fsp3) is 0.538. The van der Waals surface area contributed by atoms with Gasteiger partial charge in [0.1, 0.15) is 0 Å². The van der Waals surface area contributed by atoms with E-state index in [1.165, 1.54) is 16.2 Å². The Hall–Kier alpha value is -0.430. The molecule has 0 heterocycles. The minimum atomic E-state index is 0.638. The molecule has 0 saturated carbocycles. The molecule has 0 aliphatic heterocycles. The van der Waals surface area contributed by atoms with E-state index in [0.29, 0.717) is 5.92 Å². The van der Waals surface area contributed by atoms with E-state index in [0.717, 1.165) is 5.92 Å². The van der Waals surface area contributed by atoms with E-state index in [2.05, 4.69) is 52.0 Å². The summed E-state index contributed by atoms with van der Waals surface area (Å²) in [5.41, 5.74) is 1.43. The van der Waals surface area contributed by atoms with Crippen LogP contribution >= 0.6 is 11.8 Å². The average Bonchev–Trinajstić information content (AvgIpc) is 2.15. The maximum Gasteiger partial charge on any atom is 0.00722 e. The summed E-state index contributed by atoms with van der Waals surface area (Å²) >= 11 is 1.95.